The van der Waals surface area contributed by atoms with Gasteiger partial charge in [0.15, 0.2) is 0 Å². The van der Waals surface area contributed by atoms with Crippen molar-refractivity contribution in [2.24, 2.45) is 0 Å². The minimum absolute atomic E-state index is 0.723. The van der Waals surface area contributed by atoms with Crippen LogP contribution in [0.15, 0.2) is 89.4 Å². The van der Waals surface area contributed by atoms with E-state index in [9.17, 15) is 0 Å². The highest BCUT2D eigenvalue weighted by atomic mass is 35.5. The summed E-state index contributed by atoms with van der Waals surface area (Å²) >= 11 is 6.52. The van der Waals surface area contributed by atoms with E-state index in [1.165, 1.54) is 32.7 Å². The minimum atomic E-state index is 0.723. The van der Waals surface area contributed by atoms with Gasteiger partial charge in [-0.25, -0.2) is 0 Å². The molecule has 0 aliphatic heterocycles. The monoisotopic (exact) mass is 430 g/mol. The smallest absolute Gasteiger partial charge is 0.143 e. The van der Waals surface area contributed by atoms with Crippen LogP contribution in [0.4, 0.5) is 0 Å². The summed E-state index contributed by atoms with van der Waals surface area (Å²) in [5, 5.41) is 8.05. The lowest BCUT2D eigenvalue weighted by Crippen LogP contribution is -1.97. The van der Waals surface area contributed by atoms with E-state index in [0.29, 0.717) is 0 Å². The van der Waals surface area contributed by atoms with Crippen LogP contribution in [0, 0.1) is 0 Å². The van der Waals surface area contributed by atoms with Gasteiger partial charge in [0.25, 0.3) is 0 Å². The average Bonchev–Trinajstić information content (AvgIpc) is 3.24. The maximum absolute atomic E-state index is 6.52. The van der Waals surface area contributed by atoms with Gasteiger partial charge >= 0.3 is 0 Å². The number of hydrogen-bond donors (Lipinski definition) is 0. The summed E-state index contributed by atoms with van der Waals surface area (Å²) in [4.78, 5) is 0. The van der Waals surface area contributed by atoms with Gasteiger partial charge in [0, 0.05) is 16.3 Å². The topological polar surface area (TPSA) is 13.1 Å². The van der Waals surface area contributed by atoms with Crippen LogP contribution in [0.5, 0.6) is 0 Å². The van der Waals surface area contributed by atoms with E-state index in [-0.39, 0.29) is 0 Å². The molecule has 0 bridgehead atoms. The summed E-state index contributed by atoms with van der Waals surface area (Å²) in [6.07, 6.45) is 6.80. The molecule has 1 heterocycles. The van der Waals surface area contributed by atoms with Gasteiger partial charge in [-0.2, -0.15) is 0 Å². The van der Waals surface area contributed by atoms with Gasteiger partial charge in [-0.05, 0) is 69.3 Å². The van der Waals surface area contributed by atoms with Crippen molar-refractivity contribution in [1.29, 1.82) is 0 Å². The van der Waals surface area contributed by atoms with Crippen LogP contribution >= 0.6 is 11.6 Å². The molecular formula is C30H19ClO. The van der Waals surface area contributed by atoms with E-state index >= 15 is 0 Å². The third-order valence-electron chi connectivity index (χ3n) is 6.81. The number of halogens is 1. The Morgan fingerprint density at radius 2 is 1.56 bits per heavy atom. The Bertz CT molecular complexity index is 1740. The van der Waals surface area contributed by atoms with Crippen molar-refractivity contribution in [3.63, 3.8) is 0 Å². The third-order valence-corrected chi connectivity index (χ3v) is 7.12. The number of aryl methyl sites for hydroxylation is 1. The Kier molecular flexibility index (Phi) is 3.79. The number of allylic oxidation sites excluding steroid dienone is 1. The van der Waals surface area contributed by atoms with Crippen molar-refractivity contribution in [2.45, 2.75) is 12.8 Å². The highest BCUT2D eigenvalue weighted by Gasteiger charge is 2.17. The molecule has 0 N–H and O–H groups in total. The van der Waals surface area contributed by atoms with Crippen molar-refractivity contribution >= 4 is 61.2 Å². The first-order valence-electron chi connectivity index (χ1n) is 11.0. The van der Waals surface area contributed by atoms with Crippen molar-refractivity contribution in [3.05, 3.63) is 101 Å². The summed E-state index contributed by atoms with van der Waals surface area (Å²) in [7, 11) is 0. The Balaban J connectivity index is 1.57. The Labute approximate surface area is 190 Å². The number of para-hydroxylation sites is 1. The van der Waals surface area contributed by atoms with Crippen LogP contribution in [0.25, 0.3) is 60.7 Å². The minimum Gasteiger partial charge on any atom is -0.455 e. The third kappa shape index (κ3) is 2.46. The predicted octanol–water partition coefficient (Wildman–Crippen LogP) is 9.17. The molecule has 0 spiro atoms. The van der Waals surface area contributed by atoms with E-state index in [1.807, 2.05) is 18.2 Å². The molecule has 0 atom stereocenters. The van der Waals surface area contributed by atoms with Crippen LogP contribution < -0.4 is 0 Å². The van der Waals surface area contributed by atoms with Gasteiger partial charge < -0.3 is 4.42 Å². The molecule has 1 aliphatic rings. The van der Waals surface area contributed by atoms with Crippen LogP contribution in [-0.4, -0.2) is 0 Å². The highest BCUT2D eigenvalue weighted by Crippen LogP contribution is 2.41. The van der Waals surface area contributed by atoms with Crippen LogP contribution in [0.1, 0.15) is 17.5 Å². The molecule has 2 heteroatoms. The molecule has 7 rings (SSSR count). The van der Waals surface area contributed by atoms with Gasteiger partial charge in [0.2, 0.25) is 0 Å². The molecule has 1 aromatic heterocycles. The molecule has 1 aliphatic carbocycles. The second kappa shape index (κ2) is 6.72. The maximum Gasteiger partial charge on any atom is 0.143 e. The fraction of sp³-hybridized carbons (Fsp3) is 0.0667. The first-order chi connectivity index (χ1) is 15.8. The molecule has 0 radical (unpaired) electrons. The Hall–Kier alpha value is -3.55. The SMILES string of the molecule is Clc1cccc2oc3c(-c4ccc5c6c(c7ccccc7c5c4)CCC=C6)cccc3c12. The molecule has 0 amide bonds. The van der Waals surface area contributed by atoms with E-state index < -0.39 is 0 Å². The average molecular weight is 431 g/mol. The quantitative estimate of drug-likeness (QED) is 0.237. The maximum atomic E-state index is 6.52. The first-order valence-corrected chi connectivity index (χ1v) is 11.4. The van der Waals surface area contributed by atoms with Gasteiger partial charge in [-0.1, -0.05) is 84.4 Å². The van der Waals surface area contributed by atoms with Crippen LogP contribution in [0.2, 0.25) is 5.02 Å². The molecule has 32 heavy (non-hydrogen) atoms. The molecule has 1 nitrogen and oxygen atoms in total. The van der Waals surface area contributed by atoms with Gasteiger partial charge in [0.1, 0.15) is 11.2 Å². The second-order valence-corrected chi connectivity index (χ2v) is 8.94. The fourth-order valence-corrected chi connectivity index (χ4v) is 5.65. The zero-order valence-corrected chi connectivity index (χ0v) is 18.1. The molecular weight excluding hydrogens is 412 g/mol. The number of fused-ring (bicyclic) bond motifs is 9. The largest absolute Gasteiger partial charge is 0.455 e. The molecule has 5 aromatic carbocycles. The first kappa shape index (κ1) is 18.1. The van der Waals surface area contributed by atoms with Crippen LogP contribution in [0.3, 0.4) is 0 Å². The predicted molar refractivity (Wildman–Crippen MR) is 137 cm³/mol. The normalized spacial score (nSPS) is 13.4. The Morgan fingerprint density at radius 1 is 0.719 bits per heavy atom. The molecule has 0 saturated heterocycles. The summed E-state index contributed by atoms with van der Waals surface area (Å²) in [5.74, 6) is 0. The van der Waals surface area contributed by atoms with E-state index in [2.05, 4.69) is 72.8 Å². The number of rotatable bonds is 1. The molecule has 6 aromatic rings. The van der Waals surface area contributed by atoms with Gasteiger partial charge in [-0.3, -0.25) is 0 Å². The standard InChI is InChI=1S/C30H19ClO/c31-27-13-6-14-28-29(27)25-12-5-11-19(30(25)32-28)18-15-16-24-22-9-2-1-7-20(22)21-8-3-4-10-23(21)26(24)17-18/h2-6,8-17H,1,7H2. The number of benzene rings is 5. The van der Waals surface area contributed by atoms with E-state index in [4.69, 9.17) is 16.0 Å². The van der Waals surface area contributed by atoms with Crippen molar-refractivity contribution in [1.82, 2.24) is 0 Å². The summed E-state index contributed by atoms with van der Waals surface area (Å²) in [5.41, 5.74) is 6.79. The summed E-state index contributed by atoms with van der Waals surface area (Å²) in [6, 6.07) is 27.8. The van der Waals surface area contributed by atoms with Crippen molar-refractivity contribution < 1.29 is 4.42 Å². The summed E-state index contributed by atoms with van der Waals surface area (Å²) in [6.45, 7) is 0. The number of furan rings is 1. The fourth-order valence-electron chi connectivity index (χ4n) is 5.38. The lowest BCUT2D eigenvalue weighted by Gasteiger charge is -2.18. The van der Waals surface area contributed by atoms with E-state index in [1.54, 1.807) is 0 Å². The lowest BCUT2D eigenvalue weighted by molar-refractivity contribution is 0.670. The van der Waals surface area contributed by atoms with Crippen LogP contribution in [-0.2, 0) is 6.42 Å². The Morgan fingerprint density at radius 3 is 2.50 bits per heavy atom. The molecule has 0 saturated carbocycles. The van der Waals surface area contributed by atoms with Gasteiger partial charge in [0.05, 0.1) is 5.02 Å². The van der Waals surface area contributed by atoms with Crippen molar-refractivity contribution in [3.8, 4) is 11.1 Å². The zero-order chi connectivity index (χ0) is 21.2. The molecule has 0 fully saturated rings. The number of hydrogen-bond acceptors (Lipinski definition) is 1. The zero-order valence-electron chi connectivity index (χ0n) is 17.4. The molecule has 0 unspecified atom stereocenters. The van der Waals surface area contributed by atoms with E-state index in [0.717, 1.165) is 50.9 Å². The second-order valence-electron chi connectivity index (χ2n) is 8.54. The lowest BCUT2D eigenvalue weighted by atomic mass is 9.86. The summed E-state index contributed by atoms with van der Waals surface area (Å²) < 4.78 is 6.31. The van der Waals surface area contributed by atoms with Crippen molar-refractivity contribution in [2.75, 3.05) is 0 Å². The van der Waals surface area contributed by atoms with Gasteiger partial charge in [-0.15, -0.1) is 0 Å². The molecule has 152 valence electrons. The highest BCUT2D eigenvalue weighted by molar-refractivity contribution is 6.38.